The Morgan fingerprint density at radius 1 is 1.03 bits per heavy atom. The Labute approximate surface area is 171 Å². The Hall–Kier alpha value is -3.22. The van der Waals surface area contributed by atoms with Crippen LogP contribution in [-0.2, 0) is 0 Å². The molecule has 0 bridgehead atoms. The average Bonchev–Trinajstić information content (AvgIpc) is 2.75. The minimum Gasteiger partial charge on any atom is -0.496 e. The summed E-state index contributed by atoms with van der Waals surface area (Å²) in [6.45, 7) is 2.19. The number of aromatic nitrogens is 3. The van der Waals surface area contributed by atoms with Gasteiger partial charge in [0.05, 0.1) is 7.11 Å². The van der Waals surface area contributed by atoms with E-state index in [0.717, 1.165) is 34.9 Å². The third kappa shape index (κ3) is 4.99. The van der Waals surface area contributed by atoms with Crippen molar-refractivity contribution in [1.82, 2.24) is 15.0 Å². The molecule has 7 heteroatoms. The van der Waals surface area contributed by atoms with Crippen molar-refractivity contribution in [3.63, 3.8) is 0 Å². The molecule has 0 saturated heterocycles. The highest BCUT2D eigenvalue weighted by molar-refractivity contribution is 5.99. The van der Waals surface area contributed by atoms with Crippen molar-refractivity contribution in [2.45, 2.75) is 32.6 Å². The fraction of sp³-hybridized carbons (Fsp3) is 0.364. The van der Waals surface area contributed by atoms with Gasteiger partial charge in [0.1, 0.15) is 5.75 Å². The van der Waals surface area contributed by atoms with Crippen LogP contribution in [0.4, 0.5) is 11.9 Å². The zero-order chi connectivity index (χ0) is 20.6. The average molecular weight is 393 g/mol. The van der Waals surface area contributed by atoms with Crippen molar-refractivity contribution < 1.29 is 4.74 Å². The molecule has 0 radical (unpaired) electrons. The van der Waals surface area contributed by atoms with Gasteiger partial charge in [-0.05, 0) is 30.4 Å². The number of methoxy groups -OCH3 is 1. The minimum absolute atomic E-state index is 0.422. The maximum absolute atomic E-state index is 5.50. The first kappa shape index (κ1) is 20.5. The molecule has 0 fully saturated rings. The Balaban J connectivity index is 1.97. The third-order valence-corrected chi connectivity index (χ3v) is 4.56. The second kappa shape index (κ2) is 9.82. The van der Waals surface area contributed by atoms with Gasteiger partial charge in [-0.1, -0.05) is 44.0 Å². The van der Waals surface area contributed by atoms with E-state index >= 15 is 0 Å². The second-order valence-corrected chi connectivity index (χ2v) is 6.96. The molecule has 3 aromatic rings. The molecule has 1 N–H and O–H groups in total. The Kier molecular flexibility index (Phi) is 6.94. The number of fused-ring (bicyclic) bond motifs is 1. The number of hydrogen-bond acceptors (Lipinski definition) is 7. The molecule has 0 saturated carbocycles. The molecular weight excluding hydrogens is 364 g/mol. The van der Waals surface area contributed by atoms with Crippen molar-refractivity contribution in [2.75, 3.05) is 31.5 Å². The summed E-state index contributed by atoms with van der Waals surface area (Å²) in [6, 6.07) is 12.0. The molecule has 0 aliphatic heterocycles. The number of hydrazone groups is 1. The van der Waals surface area contributed by atoms with Gasteiger partial charge in [0.2, 0.25) is 11.9 Å². The van der Waals surface area contributed by atoms with E-state index in [2.05, 4.69) is 32.4 Å². The Morgan fingerprint density at radius 2 is 1.83 bits per heavy atom. The summed E-state index contributed by atoms with van der Waals surface area (Å²) in [5.74, 6) is 2.40. The quantitative estimate of drug-likeness (QED) is 0.322. The van der Waals surface area contributed by atoms with Gasteiger partial charge in [-0.15, -0.1) is 0 Å². The first-order chi connectivity index (χ1) is 14.1. The highest BCUT2D eigenvalue weighted by atomic mass is 16.5. The summed E-state index contributed by atoms with van der Waals surface area (Å²) in [6.07, 6.45) is 6.34. The molecule has 1 aromatic heterocycles. The largest absolute Gasteiger partial charge is 0.496 e. The van der Waals surface area contributed by atoms with Crippen LogP contribution in [0.25, 0.3) is 22.2 Å². The smallest absolute Gasteiger partial charge is 0.248 e. The number of ether oxygens (including phenoxy) is 1. The first-order valence-corrected chi connectivity index (χ1v) is 9.91. The number of hydrogen-bond donors (Lipinski definition) is 1. The molecule has 29 heavy (non-hydrogen) atoms. The van der Waals surface area contributed by atoms with E-state index in [1.165, 1.54) is 12.8 Å². The van der Waals surface area contributed by atoms with Gasteiger partial charge >= 0.3 is 0 Å². The number of unbranched alkanes of at least 4 members (excludes halogenated alkanes) is 3. The van der Waals surface area contributed by atoms with Crippen LogP contribution in [0, 0.1) is 0 Å². The number of nitrogens with zero attached hydrogens (tertiary/aromatic N) is 5. The predicted molar refractivity (Wildman–Crippen MR) is 120 cm³/mol. The molecule has 0 spiro atoms. The van der Waals surface area contributed by atoms with Crippen LogP contribution in [0.15, 0.2) is 41.5 Å². The minimum atomic E-state index is 0.422. The summed E-state index contributed by atoms with van der Waals surface area (Å²) in [4.78, 5) is 15.6. The lowest BCUT2D eigenvalue weighted by Gasteiger charge is -2.14. The normalized spacial score (nSPS) is 11.2. The van der Waals surface area contributed by atoms with E-state index in [0.29, 0.717) is 17.7 Å². The van der Waals surface area contributed by atoms with E-state index < -0.39 is 0 Å². The maximum Gasteiger partial charge on any atom is 0.248 e. The summed E-state index contributed by atoms with van der Waals surface area (Å²) >= 11 is 0. The third-order valence-electron chi connectivity index (χ3n) is 4.56. The molecule has 0 amide bonds. The van der Waals surface area contributed by atoms with Crippen molar-refractivity contribution in [3.05, 3.63) is 36.4 Å². The van der Waals surface area contributed by atoms with Gasteiger partial charge in [-0.2, -0.15) is 20.1 Å². The molecular formula is C22H28N6O. The Morgan fingerprint density at radius 3 is 2.55 bits per heavy atom. The molecule has 0 aliphatic carbocycles. The monoisotopic (exact) mass is 392 g/mol. The maximum atomic E-state index is 5.50. The highest BCUT2D eigenvalue weighted by Gasteiger charge is 2.14. The topological polar surface area (TPSA) is 75.5 Å². The van der Waals surface area contributed by atoms with Crippen LogP contribution in [0.5, 0.6) is 5.75 Å². The van der Waals surface area contributed by atoms with E-state index in [9.17, 15) is 0 Å². The zero-order valence-electron chi connectivity index (χ0n) is 17.5. The SMILES string of the molecule is CCCCC/C=N/Nc1nc(-c2ccc(OC)c3ccccc23)nc(N(C)C)n1. The molecule has 1 heterocycles. The van der Waals surface area contributed by atoms with Crippen LogP contribution in [0.2, 0.25) is 0 Å². The van der Waals surface area contributed by atoms with E-state index in [4.69, 9.17) is 4.74 Å². The van der Waals surface area contributed by atoms with Crippen molar-refractivity contribution >= 4 is 28.9 Å². The van der Waals surface area contributed by atoms with E-state index in [-0.39, 0.29) is 0 Å². The van der Waals surface area contributed by atoms with Crippen LogP contribution < -0.4 is 15.1 Å². The van der Waals surface area contributed by atoms with E-state index in [1.54, 1.807) is 7.11 Å². The number of anilines is 2. The highest BCUT2D eigenvalue weighted by Crippen LogP contribution is 2.33. The molecule has 3 rings (SSSR count). The van der Waals surface area contributed by atoms with Crippen molar-refractivity contribution in [3.8, 4) is 17.1 Å². The number of benzene rings is 2. The summed E-state index contributed by atoms with van der Waals surface area (Å²) in [5.41, 5.74) is 3.87. The molecule has 0 aliphatic rings. The molecule has 0 unspecified atom stereocenters. The zero-order valence-corrected chi connectivity index (χ0v) is 17.5. The van der Waals surface area contributed by atoms with Crippen LogP contribution in [-0.4, -0.2) is 42.4 Å². The van der Waals surface area contributed by atoms with Gasteiger partial charge in [-0.25, -0.2) is 5.43 Å². The lowest BCUT2D eigenvalue weighted by atomic mass is 10.0. The van der Waals surface area contributed by atoms with Crippen LogP contribution in [0.3, 0.4) is 0 Å². The molecule has 0 atom stereocenters. The summed E-state index contributed by atoms with van der Waals surface area (Å²) in [5, 5.41) is 6.31. The van der Waals surface area contributed by atoms with Gasteiger partial charge in [0.25, 0.3) is 0 Å². The van der Waals surface area contributed by atoms with Crippen molar-refractivity contribution in [2.24, 2.45) is 5.10 Å². The Bertz CT molecular complexity index is 986. The first-order valence-electron chi connectivity index (χ1n) is 9.91. The lowest BCUT2D eigenvalue weighted by Crippen LogP contribution is -2.15. The summed E-state index contributed by atoms with van der Waals surface area (Å²) in [7, 11) is 5.49. The van der Waals surface area contributed by atoms with Gasteiger partial charge in [-0.3, -0.25) is 0 Å². The fourth-order valence-electron chi connectivity index (χ4n) is 3.03. The second-order valence-electron chi connectivity index (χ2n) is 6.96. The van der Waals surface area contributed by atoms with Gasteiger partial charge in [0.15, 0.2) is 5.82 Å². The lowest BCUT2D eigenvalue weighted by molar-refractivity contribution is 0.420. The molecule has 2 aromatic carbocycles. The van der Waals surface area contributed by atoms with Gasteiger partial charge < -0.3 is 9.64 Å². The van der Waals surface area contributed by atoms with Crippen LogP contribution in [0.1, 0.15) is 32.6 Å². The summed E-state index contributed by atoms with van der Waals surface area (Å²) < 4.78 is 5.50. The number of nitrogens with one attached hydrogen (secondary N) is 1. The van der Waals surface area contributed by atoms with Gasteiger partial charge in [0, 0.05) is 31.3 Å². The molecule has 152 valence electrons. The fourth-order valence-corrected chi connectivity index (χ4v) is 3.03. The standard InChI is InChI=1S/C22H28N6O/c1-5-6-7-10-15-23-27-21-24-20(25-22(26-21)28(2)3)18-13-14-19(29-4)17-12-9-8-11-16(17)18/h8-9,11-15H,5-7,10H2,1-4H3,(H,24,25,26,27)/b23-15+. The number of rotatable bonds is 9. The van der Waals surface area contributed by atoms with Crippen molar-refractivity contribution in [1.29, 1.82) is 0 Å². The molecule has 7 nitrogen and oxygen atoms in total. The van der Waals surface area contributed by atoms with E-state index in [1.807, 2.05) is 61.6 Å². The predicted octanol–water partition coefficient (Wildman–Crippen LogP) is 4.74. The van der Waals surface area contributed by atoms with Crippen LogP contribution >= 0.6 is 0 Å².